The van der Waals surface area contributed by atoms with Crippen molar-refractivity contribution in [1.82, 2.24) is 10.6 Å². The van der Waals surface area contributed by atoms with E-state index in [1.54, 1.807) is 0 Å². The van der Waals surface area contributed by atoms with Crippen molar-refractivity contribution in [1.29, 1.82) is 0 Å². The lowest BCUT2D eigenvalue weighted by Crippen LogP contribution is -2.51. The molecule has 1 unspecified atom stereocenters. The summed E-state index contributed by atoms with van der Waals surface area (Å²) in [5.74, 6) is 0.757. The second-order valence-corrected chi connectivity index (χ2v) is 6.23. The molecule has 104 valence electrons. The van der Waals surface area contributed by atoms with Crippen LogP contribution in [0.5, 0.6) is 0 Å². The van der Waals surface area contributed by atoms with Crippen molar-refractivity contribution < 1.29 is 9.53 Å². The standard InChI is InChI=1S/C14H26N2O2/c1-11(2)8-14(4-3-5-14)10-16-13(17)12-9-15-6-7-18-12/h11-12,15H,3-10H2,1-2H3,(H,16,17). The number of ether oxygens (including phenoxy) is 1. The molecule has 18 heavy (non-hydrogen) atoms. The van der Waals surface area contributed by atoms with Gasteiger partial charge < -0.3 is 15.4 Å². The Kier molecular flexibility index (Phi) is 4.62. The number of carbonyl (C=O) groups excluding carboxylic acids is 1. The maximum atomic E-state index is 12.0. The van der Waals surface area contributed by atoms with Gasteiger partial charge in [-0.15, -0.1) is 0 Å². The van der Waals surface area contributed by atoms with Crippen LogP contribution in [-0.4, -0.2) is 38.3 Å². The third-order valence-corrected chi connectivity index (χ3v) is 4.11. The van der Waals surface area contributed by atoms with Gasteiger partial charge in [0.1, 0.15) is 6.10 Å². The Morgan fingerprint density at radius 1 is 1.50 bits per heavy atom. The van der Waals surface area contributed by atoms with Crippen LogP contribution in [0.4, 0.5) is 0 Å². The summed E-state index contributed by atoms with van der Waals surface area (Å²) in [6, 6.07) is 0. The Hall–Kier alpha value is -0.610. The molecule has 0 radical (unpaired) electrons. The molecule has 2 N–H and O–H groups in total. The van der Waals surface area contributed by atoms with Crippen LogP contribution < -0.4 is 10.6 Å². The number of rotatable bonds is 5. The first kappa shape index (κ1) is 13.8. The summed E-state index contributed by atoms with van der Waals surface area (Å²) in [5.41, 5.74) is 0.367. The van der Waals surface area contributed by atoms with Gasteiger partial charge in [0.2, 0.25) is 5.91 Å². The predicted molar refractivity (Wildman–Crippen MR) is 71.4 cm³/mol. The van der Waals surface area contributed by atoms with Crippen molar-refractivity contribution in [3.63, 3.8) is 0 Å². The molecule has 1 aliphatic heterocycles. The van der Waals surface area contributed by atoms with Gasteiger partial charge in [0.05, 0.1) is 6.61 Å². The van der Waals surface area contributed by atoms with Gasteiger partial charge in [-0.3, -0.25) is 4.79 Å². The highest BCUT2D eigenvalue weighted by Gasteiger charge is 2.38. The topological polar surface area (TPSA) is 50.4 Å². The van der Waals surface area contributed by atoms with E-state index in [2.05, 4.69) is 24.5 Å². The highest BCUT2D eigenvalue weighted by molar-refractivity contribution is 5.81. The molecule has 0 spiro atoms. The molecule has 4 heteroatoms. The van der Waals surface area contributed by atoms with Crippen LogP contribution in [0.15, 0.2) is 0 Å². The predicted octanol–water partition coefficient (Wildman–Crippen LogP) is 1.31. The number of morpholine rings is 1. The summed E-state index contributed by atoms with van der Waals surface area (Å²) in [7, 11) is 0. The summed E-state index contributed by atoms with van der Waals surface area (Å²) in [5, 5.41) is 6.28. The number of amides is 1. The van der Waals surface area contributed by atoms with Crippen molar-refractivity contribution in [3.8, 4) is 0 Å². The summed E-state index contributed by atoms with van der Waals surface area (Å²) in [6.07, 6.45) is 4.75. The molecule has 0 bridgehead atoms. The quantitative estimate of drug-likeness (QED) is 0.777. The van der Waals surface area contributed by atoms with Gasteiger partial charge in [0, 0.05) is 19.6 Å². The zero-order valence-electron chi connectivity index (χ0n) is 11.6. The van der Waals surface area contributed by atoms with E-state index in [0.717, 1.165) is 13.1 Å². The lowest BCUT2D eigenvalue weighted by molar-refractivity contribution is -0.135. The van der Waals surface area contributed by atoms with Gasteiger partial charge in [0.15, 0.2) is 0 Å². The average molecular weight is 254 g/mol. The molecule has 1 aliphatic carbocycles. The Morgan fingerprint density at radius 3 is 2.78 bits per heavy atom. The minimum Gasteiger partial charge on any atom is -0.366 e. The fourth-order valence-corrected chi connectivity index (χ4v) is 3.12. The smallest absolute Gasteiger partial charge is 0.250 e. The molecular weight excluding hydrogens is 228 g/mol. The van der Waals surface area contributed by atoms with Gasteiger partial charge in [-0.05, 0) is 30.6 Å². The van der Waals surface area contributed by atoms with Crippen LogP contribution in [0.3, 0.4) is 0 Å². The van der Waals surface area contributed by atoms with E-state index in [-0.39, 0.29) is 12.0 Å². The van der Waals surface area contributed by atoms with E-state index in [4.69, 9.17) is 4.74 Å². The van der Waals surface area contributed by atoms with Crippen LogP contribution in [0.1, 0.15) is 39.5 Å². The first-order chi connectivity index (χ1) is 8.61. The van der Waals surface area contributed by atoms with Crippen molar-refractivity contribution in [2.75, 3.05) is 26.2 Å². The minimum absolute atomic E-state index is 0.0530. The Bertz CT molecular complexity index is 282. The first-order valence-corrected chi connectivity index (χ1v) is 7.21. The van der Waals surface area contributed by atoms with Crippen LogP contribution in [-0.2, 0) is 9.53 Å². The molecule has 2 aliphatic rings. The second kappa shape index (κ2) is 6.02. The lowest BCUT2D eigenvalue weighted by atomic mass is 9.64. The summed E-state index contributed by atoms with van der Waals surface area (Å²) in [4.78, 5) is 12.0. The van der Waals surface area contributed by atoms with Crippen LogP contribution in [0, 0.1) is 11.3 Å². The molecule has 2 fully saturated rings. The second-order valence-electron chi connectivity index (χ2n) is 6.23. The molecule has 1 heterocycles. The molecule has 0 aromatic rings. The average Bonchev–Trinajstić information content (AvgIpc) is 2.32. The van der Waals surface area contributed by atoms with E-state index in [0.29, 0.717) is 24.5 Å². The van der Waals surface area contributed by atoms with Gasteiger partial charge in [0.25, 0.3) is 0 Å². The summed E-state index contributed by atoms with van der Waals surface area (Å²) >= 11 is 0. The third-order valence-electron chi connectivity index (χ3n) is 4.11. The zero-order valence-corrected chi connectivity index (χ0v) is 11.6. The largest absolute Gasteiger partial charge is 0.366 e. The van der Waals surface area contributed by atoms with E-state index >= 15 is 0 Å². The molecule has 0 aromatic carbocycles. The van der Waals surface area contributed by atoms with Gasteiger partial charge in [-0.25, -0.2) is 0 Å². The monoisotopic (exact) mass is 254 g/mol. The van der Waals surface area contributed by atoms with Gasteiger partial charge in [-0.1, -0.05) is 20.3 Å². The van der Waals surface area contributed by atoms with Crippen LogP contribution >= 0.6 is 0 Å². The van der Waals surface area contributed by atoms with E-state index in [1.165, 1.54) is 25.7 Å². The fourth-order valence-electron chi connectivity index (χ4n) is 3.12. The third kappa shape index (κ3) is 3.45. The molecule has 4 nitrogen and oxygen atoms in total. The van der Waals surface area contributed by atoms with Crippen molar-refractivity contribution >= 4 is 5.91 Å². The maximum Gasteiger partial charge on any atom is 0.250 e. The zero-order chi connectivity index (χ0) is 13.0. The van der Waals surface area contributed by atoms with E-state index in [9.17, 15) is 4.79 Å². The molecule has 2 rings (SSSR count). The van der Waals surface area contributed by atoms with Crippen LogP contribution in [0.2, 0.25) is 0 Å². The minimum atomic E-state index is -0.296. The van der Waals surface area contributed by atoms with Gasteiger partial charge in [-0.2, -0.15) is 0 Å². The molecule has 1 atom stereocenters. The SMILES string of the molecule is CC(C)CC1(CNC(=O)C2CNCCO2)CCC1. The Labute approximate surface area is 110 Å². The Balaban J connectivity index is 1.77. The van der Waals surface area contributed by atoms with Crippen molar-refractivity contribution in [3.05, 3.63) is 0 Å². The van der Waals surface area contributed by atoms with Crippen LogP contribution in [0.25, 0.3) is 0 Å². The molecule has 1 saturated heterocycles. The highest BCUT2D eigenvalue weighted by Crippen LogP contribution is 2.45. The van der Waals surface area contributed by atoms with E-state index in [1.807, 2.05) is 0 Å². The lowest BCUT2D eigenvalue weighted by Gasteiger charge is -2.43. The highest BCUT2D eigenvalue weighted by atomic mass is 16.5. The van der Waals surface area contributed by atoms with Gasteiger partial charge >= 0.3 is 0 Å². The number of hydrogen-bond donors (Lipinski definition) is 2. The first-order valence-electron chi connectivity index (χ1n) is 7.21. The summed E-state index contributed by atoms with van der Waals surface area (Å²) < 4.78 is 5.46. The Morgan fingerprint density at radius 2 is 2.28 bits per heavy atom. The molecule has 1 saturated carbocycles. The maximum absolute atomic E-state index is 12.0. The normalized spacial score (nSPS) is 26.7. The molecular formula is C14H26N2O2. The number of hydrogen-bond acceptors (Lipinski definition) is 3. The molecule has 1 amide bonds. The number of carbonyl (C=O) groups is 1. The summed E-state index contributed by atoms with van der Waals surface area (Å²) in [6.45, 7) is 7.47. The number of nitrogens with one attached hydrogen (secondary N) is 2. The van der Waals surface area contributed by atoms with Crippen molar-refractivity contribution in [2.24, 2.45) is 11.3 Å². The van der Waals surface area contributed by atoms with E-state index < -0.39 is 0 Å². The van der Waals surface area contributed by atoms with Crippen molar-refractivity contribution in [2.45, 2.75) is 45.6 Å². The molecule has 0 aromatic heterocycles. The fraction of sp³-hybridized carbons (Fsp3) is 0.929.